The molecule has 0 N–H and O–H groups in total. The molecule has 13 rings (SSSR count). The van der Waals surface area contributed by atoms with E-state index in [2.05, 4.69) is 350 Å². The lowest BCUT2D eigenvalue weighted by Crippen LogP contribution is -2.09. The molecule has 0 saturated carbocycles. The first-order valence-electron chi connectivity index (χ1n) is 27.4. The molecular formula is C78H56N2. The Morgan fingerprint density at radius 2 is 0.412 bits per heavy atom. The molecule has 0 spiro atoms. The van der Waals surface area contributed by atoms with Crippen LogP contribution >= 0.6 is 0 Å². The summed E-state index contributed by atoms with van der Waals surface area (Å²) in [6, 6.07) is 114. The lowest BCUT2D eigenvalue weighted by Gasteiger charge is -2.25. The van der Waals surface area contributed by atoms with Crippen molar-refractivity contribution >= 4 is 80.0 Å². The van der Waals surface area contributed by atoms with E-state index in [0.29, 0.717) is 0 Å². The van der Waals surface area contributed by atoms with E-state index < -0.39 is 0 Å². The van der Waals surface area contributed by atoms with Gasteiger partial charge in [-0.2, -0.15) is 0 Å². The SMILES string of the molecule is C(=C\c1ccc(N(c2ccccc2)c2ccccc2)cc1)/c1ccc(-c2c(-c3ccc(/C=C/c4ccc(N(c5ccccc5)c5ccccc5)cc4)cc3)c3cc(-c4ccccc4)ccc3c3ccc(-c4ccccc4)cc23)cc1. The quantitative estimate of drug-likeness (QED) is 0.0791. The second kappa shape index (κ2) is 22.6. The van der Waals surface area contributed by atoms with E-state index in [1.54, 1.807) is 0 Å². The maximum Gasteiger partial charge on any atom is 0.0462 e. The van der Waals surface area contributed by atoms with E-state index in [-0.39, 0.29) is 0 Å². The highest BCUT2D eigenvalue weighted by Gasteiger charge is 2.20. The zero-order valence-corrected chi connectivity index (χ0v) is 44.2. The second-order valence-corrected chi connectivity index (χ2v) is 20.1. The molecule has 0 amide bonds. The number of hydrogen-bond donors (Lipinski definition) is 0. The van der Waals surface area contributed by atoms with Crippen molar-refractivity contribution in [3.05, 3.63) is 338 Å². The number of nitrogens with zero attached hydrogens (tertiary/aromatic N) is 2. The van der Waals surface area contributed by atoms with Crippen LogP contribution in [0.15, 0.2) is 315 Å². The van der Waals surface area contributed by atoms with Crippen molar-refractivity contribution in [1.82, 2.24) is 0 Å². The van der Waals surface area contributed by atoms with E-state index in [1.165, 1.54) is 54.9 Å². The minimum atomic E-state index is 1.11. The molecular weight excluding hydrogens is 965 g/mol. The first-order chi connectivity index (χ1) is 39.7. The normalized spacial score (nSPS) is 11.4. The topological polar surface area (TPSA) is 6.48 Å². The summed E-state index contributed by atoms with van der Waals surface area (Å²) in [5.41, 5.74) is 20.7. The number of para-hydroxylation sites is 4. The molecule has 2 nitrogen and oxygen atoms in total. The smallest absolute Gasteiger partial charge is 0.0462 e. The first-order valence-corrected chi connectivity index (χ1v) is 27.4. The third kappa shape index (κ3) is 10.4. The minimum absolute atomic E-state index is 1.11. The van der Waals surface area contributed by atoms with Gasteiger partial charge in [-0.15, -0.1) is 0 Å². The highest BCUT2D eigenvalue weighted by molar-refractivity contribution is 6.22. The highest BCUT2D eigenvalue weighted by atomic mass is 15.1. The van der Waals surface area contributed by atoms with Gasteiger partial charge in [0.15, 0.2) is 0 Å². The van der Waals surface area contributed by atoms with Crippen LogP contribution in [0.5, 0.6) is 0 Å². The number of anilines is 6. The zero-order valence-electron chi connectivity index (χ0n) is 44.2. The Labute approximate surface area is 469 Å². The predicted molar refractivity (Wildman–Crippen MR) is 343 cm³/mol. The van der Waals surface area contributed by atoms with Gasteiger partial charge in [0.1, 0.15) is 0 Å². The van der Waals surface area contributed by atoms with E-state index >= 15 is 0 Å². The Hall–Kier alpha value is -10.5. The Balaban J connectivity index is 0.874. The molecule has 2 heteroatoms. The number of fused-ring (bicyclic) bond motifs is 3. The zero-order chi connectivity index (χ0) is 53.5. The molecule has 0 aliphatic rings. The fourth-order valence-corrected chi connectivity index (χ4v) is 11.0. The third-order valence-electron chi connectivity index (χ3n) is 15.0. The van der Waals surface area contributed by atoms with Gasteiger partial charge in [-0.1, -0.05) is 255 Å². The molecule has 0 aliphatic carbocycles. The van der Waals surface area contributed by atoms with Crippen molar-refractivity contribution in [2.45, 2.75) is 0 Å². The van der Waals surface area contributed by atoms with E-state index in [4.69, 9.17) is 0 Å². The van der Waals surface area contributed by atoms with Crippen molar-refractivity contribution in [1.29, 1.82) is 0 Å². The molecule has 0 saturated heterocycles. The lowest BCUT2D eigenvalue weighted by atomic mass is 9.83. The van der Waals surface area contributed by atoms with Crippen molar-refractivity contribution in [3.8, 4) is 44.5 Å². The van der Waals surface area contributed by atoms with Gasteiger partial charge in [0, 0.05) is 34.1 Å². The molecule has 80 heavy (non-hydrogen) atoms. The fourth-order valence-electron chi connectivity index (χ4n) is 11.0. The molecule has 378 valence electrons. The summed E-state index contributed by atoms with van der Waals surface area (Å²) >= 11 is 0. The van der Waals surface area contributed by atoms with Crippen LogP contribution in [0.1, 0.15) is 22.3 Å². The van der Waals surface area contributed by atoms with Crippen LogP contribution in [-0.4, -0.2) is 0 Å². The third-order valence-corrected chi connectivity index (χ3v) is 15.0. The summed E-state index contributed by atoms with van der Waals surface area (Å²) in [6.45, 7) is 0. The summed E-state index contributed by atoms with van der Waals surface area (Å²) < 4.78 is 0. The largest absolute Gasteiger partial charge is 0.311 e. The Bertz CT molecular complexity index is 3890. The van der Waals surface area contributed by atoms with E-state index in [1.807, 2.05) is 0 Å². The number of hydrogen-bond acceptors (Lipinski definition) is 2. The first kappa shape index (κ1) is 49.1. The van der Waals surface area contributed by atoms with Gasteiger partial charge < -0.3 is 9.80 Å². The number of benzene rings is 13. The Kier molecular flexibility index (Phi) is 13.8. The van der Waals surface area contributed by atoms with Crippen molar-refractivity contribution in [2.24, 2.45) is 0 Å². The maximum atomic E-state index is 2.41. The summed E-state index contributed by atoms with van der Waals surface area (Å²) in [4.78, 5) is 4.59. The molecule has 0 heterocycles. The van der Waals surface area contributed by atoms with E-state index in [9.17, 15) is 0 Å². The highest BCUT2D eigenvalue weighted by Crippen LogP contribution is 2.47. The second-order valence-electron chi connectivity index (χ2n) is 20.1. The van der Waals surface area contributed by atoms with Gasteiger partial charge in [0.25, 0.3) is 0 Å². The molecule has 0 aliphatic heterocycles. The Morgan fingerprint density at radius 3 is 0.700 bits per heavy atom. The van der Waals surface area contributed by atoms with Crippen LogP contribution in [0.25, 0.3) is 90.4 Å². The molecule has 0 aromatic heterocycles. The van der Waals surface area contributed by atoms with Crippen LogP contribution in [0, 0.1) is 0 Å². The standard InChI is InChI=1S/C78H56N2/c1-7-19-61(20-8-1)65-47-53-73-74-54-48-66(62-21-9-2-10-22-62)56-76(74)78(64-45-37-58(38-46-64)32-34-60-41-51-72(52-42-60)80(69-27-15-5-16-28-69)70-29-17-6-18-30-70)77(75(73)55-65)63-43-35-57(36-44-63)31-33-59-39-49-71(50-40-59)79(67-23-11-3-12-24-67)68-25-13-4-14-26-68/h1-56H/b33-31+,34-32+. The van der Waals surface area contributed by atoms with Gasteiger partial charge in [-0.05, 0) is 173 Å². The van der Waals surface area contributed by atoms with Crippen LogP contribution in [-0.2, 0) is 0 Å². The summed E-state index contributed by atoms with van der Waals surface area (Å²) in [6.07, 6.45) is 8.85. The van der Waals surface area contributed by atoms with E-state index in [0.717, 1.165) is 67.5 Å². The average molecular weight is 1020 g/mol. The summed E-state index contributed by atoms with van der Waals surface area (Å²) in [7, 11) is 0. The van der Waals surface area contributed by atoms with Gasteiger partial charge in [0.2, 0.25) is 0 Å². The van der Waals surface area contributed by atoms with Crippen molar-refractivity contribution in [2.75, 3.05) is 9.80 Å². The van der Waals surface area contributed by atoms with Crippen LogP contribution < -0.4 is 9.80 Å². The van der Waals surface area contributed by atoms with Crippen LogP contribution in [0.2, 0.25) is 0 Å². The molecule has 0 atom stereocenters. The number of rotatable bonds is 14. The van der Waals surface area contributed by atoms with Gasteiger partial charge in [-0.3, -0.25) is 0 Å². The Morgan fingerprint density at radius 1 is 0.175 bits per heavy atom. The van der Waals surface area contributed by atoms with Crippen LogP contribution in [0.4, 0.5) is 34.1 Å². The van der Waals surface area contributed by atoms with Gasteiger partial charge >= 0.3 is 0 Å². The molecule has 0 radical (unpaired) electrons. The average Bonchev–Trinajstić information content (AvgIpc) is 3.60. The molecule has 13 aromatic rings. The van der Waals surface area contributed by atoms with Gasteiger partial charge in [-0.25, -0.2) is 0 Å². The van der Waals surface area contributed by atoms with Crippen molar-refractivity contribution < 1.29 is 0 Å². The fraction of sp³-hybridized carbons (Fsp3) is 0. The maximum absolute atomic E-state index is 2.41. The molecule has 0 fully saturated rings. The molecule has 13 aromatic carbocycles. The monoisotopic (exact) mass is 1020 g/mol. The van der Waals surface area contributed by atoms with Crippen molar-refractivity contribution in [3.63, 3.8) is 0 Å². The summed E-state index contributed by atoms with van der Waals surface area (Å²) in [5.74, 6) is 0. The predicted octanol–water partition coefficient (Wildman–Crippen LogP) is 21.9. The summed E-state index contributed by atoms with van der Waals surface area (Å²) in [5, 5.41) is 4.89. The minimum Gasteiger partial charge on any atom is -0.311 e. The molecule has 0 bridgehead atoms. The molecule has 0 unspecified atom stereocenters. The lowest BCUT2D eigenvalue weighted by molar-refractivity contribution is 1.28. The van der Waals surface area contributed by atoms with Crippen LogP contribution in [0.3, 0.4) is 0 Å². The van der Waals surface area contributed by atoms with Gasteiger partial charge in [0.05, 0.1) is 0 Å².